The zero-order valence-electron chi connectivity index (χ0n) is 51.5. The van der Waals surface area contributed by atoms with E-state index in [9.17, 15) is 0 Å². The lowest BCUT2D eigenvalue weighted by molar-refractivity contribution is 0.571. The van der Waals surface area contributed by atoms with Crippen LogP contribution in [0.1, 0.15) is 211 Å². The van der Waals surface area contributed by atoms with E-state index in [-0.39, 0.29) is 43.3 Å². The van der Waals surface area contributed by atoms with E-state index in [4.69, 9.17) is 0 Å². The van der Waals surface area contributed by atoms with Crippen LogP contribution in [0, 0.1) is 0 Å². The van der Waals surface area contributed by atoms with Gasteiger partial charge in [0.2, 0.25) is 0 Å². The lowest BCUT2D eigenvalue weighted by Crippen LogP contribution is -2.19. The van der Waals surface area contributed by atoms with E-state index >= 15 is 0 Å². The molecule has 0 saturated carbocycles. The molecule has 0 aliphatic heterocycles. The second-order valence-corrected chi connectivity index (χ2v) is 31.2. The number of benzene rings is 9. The molecule has 0 heteroatoms. The second-order valence-electron chi connectivity index (χ2n) is 31.2. The molecule has 0 aliphatic rings. The summed E-state index contributed by atoms with van der Waals surface area (Å²) in [5.74, 6) is 0. The van der Waals surface area contributed by atoms with Crippen LogP contribution in [0.5, 0.6) is 0 Å². The fourth-order valence-electron chi connectivity index (χ4n) is 12.9. The van der Waals surface area contributed by atoms with Crippen molar-refractivity contribution in [1.82, 2.24) is 0 Å². The normalized spacial score (nSPS) is 13.8. The minimum absolute atomic E-state index is 0.0888. The lowest BCUT2D eigenvalue weighted by atomic mass is 9.72. The number of hydrogen-bond acceptors (Lipinski definition) is 0. The summed E-state index contributed by atoms with van der Waals surface area (Å²) in [6.07, 6.45) is 0. The topological polar surface area (TPSA) is 0 Å². The molecule has 0 unspecified atom stereocenters. The van der Waals surface area contributed by atoms with Gasteiger partial charge in [-0.1, -0.05) is 239 Å². The second kappa shape index (κ2) is 17.9. The Labute approximate surface area is 460 Å². The Morgan fingerprint density at radius 1 is 0.197 bits per heavy atom. The summed E-state index contributed by atoms with van der Waals surface area (Å²) in [7, 11) is 0. The van der Waals surface area contributed by atoms with E-state index in [0.29, 0.717) is 0 Å². The summed E-state index contributed by atoms with van der Waals surface area (Å²) < 4.78 is 0. The maximum absolute atomic E-state index is 2.61. The highest BCUT2D eigenvalue weighted by Crippen LogP contribution is 2.53. The maximum Gasteiger partial charge on any atom is -0.00255 e. The molecular formula is C76H92. The molecule has 9 aromatic rings. The molecule has 0 spiro atoms. The monoisotopic (exact) mass is 1000 g/mol. The van der Waals surface area contributed by atoms with Crippen LogP contribution in [0.2, 0.25) is 0 Å². The zero-order chi connectivity index (χ0) is 56.0. The van der Waals surface area contributed by atoms with Crippen molar-refractivity contribution >= 4 is 43.1 Å². The van der Waals surface area contributed by atoms with Crippen LogP contribution in [0.4, 0.5) is 0 Å². The molecule has 0 amide bonds. The van der Waals surface area contributed by atoms with Gasteiger partial charge in [-0.2, -0.15) is 0 Å². The van der Waals surface area contributed by atoms with Crippen molar-refractivity contribution in [2.45, 2.75) is 209 Å². The molecule has 0 fully saturated rings. The SMILES string of the molecule is CC(C)(C)c1cccc(C(C)(C)C)c1-c1cc2cc(-c3c(C(C)(C)C)cccc3C(C)(C)C)cc3c4cc(-c5c(C(C)(C)C)cccc5C(C)(C)C)cc5cc(-c6c(C(C)(C)C)cccc6C(C)(C)C)cc(c(c1)c23)c54. The van der Waals surface area contributed by atoms with Crippen molar-refractivity contribution in [1.29, 1.82) is 0 Å². The standard InChI is InChI=1S/C76H92/c1-69(2,3)55-29-25-30-56(70(4,5)6)65(55)47-37-45-38-48(66-57(71(7,8)9)31-26-32-58(66)72(10,11)12)43-53-54-44-50(68-61(75(19,20)21)35-28-36-62(68)76(22,23)24)40-46-39-49(42-52(64(46)54)51(41-47)63(45)53)67-59(73(13,14)15)33-27-34-60(67)74(16,17)18/h25-44H,1-24H3. The summed E-state index contributed by atoms with van der Waals surface area (Å²) in [5, 5.41) is 10.5. The largest absolute Gasteiger partial charge is 0.0616 e. The molecule has 396 valence electrons. The number of rotatable bonds is 4. The smallest absolute Gasteiger partial charge is 0.00255 e. The van der Waals surface area contributed by atoms with Crippen molar-refractivity contribution < 1.29 is 0 Å². The molecule has 0 nitrogen and oxygen atoms in total. The van der Waals surface area contributed by atoms with Gasteiger partial charge in [0.25, 0.3) is 0 Å². The van der Waals surface area contributed by atoms with Crippen LogP contribution in [0.3, 0.4) is 0 Å². The molecule has 0 aromatic heterocycles. The average molecular weight is 1010 g/mol. The van der Waals surface area contributed by atoms with Crippen molar-refractivity contribution in [3.05, 3.63) is 166 Å². The molecule has 0 atom stereocenters. The van der Waals surface area contributed by atoms with Crippen LogP contribution in [0.25, 0.3) is 87.6 Å². The molecule has 0 saturated heterocycles. The first kappa shape index (κ1) is 55.0. The quantitative estimate of drug-likeness (QED) is 0.122. The van der Waals surface area contributed by atoms with Gasteiger partial charge in [0.05, 0.1) is 0 Å². The van der Waals surface area contributed by atoms with E-state index < -0.39 is 0 Å². The van der Waals surface area contributed by atoms with Crippen LogP contribution in [-0.2, 0) is 43.3 Å². The third-order valence-corrected chi connectivity index (χ3v) is 16.6. The summed E-state index contributed by atoms with van der Waals surface area (Å²) in [6.45, 7) is 57.3. The highest BCUT2D eigenvalue weighted by Gasteiger charge is 2.33. The van der Waals surface area contributed by atoms with Crippen LogP contribution >= 0.6 is 0 Å². The summed E-state index contributed by atoms with van der Waals surface area (Å²) in [6, 6.07) is 49.1. The van der Waals surface area contributed by atoms with Gasteiger partial charge in [0, 0.05) is 0 Å². The minimum atomic E-state index is -0.0888. The molecule has 0 heterocycles. The predicted octanol–water partition coefficient (Wildman–Crippen LogP) is 22.8. The van der Waals surface area contributed by atoms with Crippen LogP contribution < -0.4 is 0 Å². The summed E-state index contributed by atoms with van der Waals surface area (Å²) in [5.41, 5.74) is 21.0. The van der Waals surface area contributed by atoms with Crippen molar-refractivity contribution in [2.75, 3.05) is 0 Å². The van der Waals surface area contributed by atoms with Gasteiger partial charge in [-0.25, -0.2) is 0 Å². The Balaban J connectivity index is 1.62. The Morgan fingerprint density at radius 2 is 0.342 bits per heavy atom. The van der Waals surface area contributed by atoms with Gasteiger partial charge in [-0.05, 0) is 224 Å². The molecule has 0 radical (unpaired) electrons. The van der Waals surface area contributed by atoms with Gasteiger partial charge in [-0.15, -0.1) is 0 Å². The average Bonchev–Trinajstić information content (AvgIpc) is 3.31. The summed E-state index contributed by atoms with van der Waals surface area (Å²) >= 11 is 0. The first-order valence-electron chi connectivity index (χ1n) is 28.6. The first-order valence-corrected chi connectivity index (χ1v) is 28.6. The van der Waals surface area contributed by atoms with Crippen LogP contribution in [0.15, 0.2) is 121 Å². The van der Waals surface area contributed by atoms with Crippen molar-refractivity contribution in [2.24, 2.45) is 0 Å². The molecule has 0 aliphatic carbocycles. The Morgan fingerprint density at radius 3 is 0.474 bits per heavy atom. The predicted molar refractivity (Wildman–Crippen MR) is 339 cm³/mol. The Hall–Kier alpha value is -5.72. The number of fused-ring (bicyclic) bond motifs is 2. The van der Waals surface area contributed by atoms with E-state index in [1.54, 1.807) is 0 Å². The molecular weight excluding hydrogens is 913 g/mol. The maximum atomic E-state index is 2.61. The van der Waals surface area contributed by atoms with Gasteiger partial charge in [0.15, 0.2) is 0 Å². The van der Waals surface area contributed by atoms with Crippen molar-refractivity contribution in [3.63, 3.8) is 0 Å². The van der Waals surface area contributed by atoms with Crippen LogP contribution in [-0.4, -0.2) is 0 Å². The van der Waals surface area contributed by atoms with Gasteiger partial charge in [0.1, 0.15) is 0 Å². The highest BCUT2D eigenvalue weighted by molar-refractivity contribution is 6.35. The van der Waals surface area contributed by atoms with E-state index in [2.05, 4.69) is 287 Å². The molecule has 9 aromatic carbocycles. The zero-order valence-corrected chi connectivity index (χ0v) is 51.5. The lowest BCUT2D eigenvalue weighted by Gasteiger charge is -2.32. The minimum Gasteiger partial charge on any atom is -0.0616 e. The molecule has 9 rings (SSSR count). The third kappa shape index (κ3) is 9.72. The number of hydrogen-bond donors (Lipinski definition) is 0. The third-order valence-electron chi connectivity index (χ3n) is 16.6. The Bertz CT molecular complexity index is 3110. The van der Waals surface area contributed by atoms with Gasteiger partial charge < -0.3 is 0 Å². The molecule has 0 N–H and O–H groups in total. The van der Waals surface area contributed by atoms with Gasteiger partial charge in [-0.3, -0.25) is 0 Å². The Kier molecular flexibility index (Phi) is 13.0. The van der Waals surface area contributed by atoms with Gasteiger partial charge >= 0.3 is 0 Å². The highest BCUT2D eigenvalue weighted by atomic mass is 14.4. The van der Waals surface area contributed by atoms with E-state index in [0.717, 1.165) is 0 Å². The molecule has 76 heavy (non-hydrogen) atoms. The van der Waals surface area contributed by atoms with E-state index in [1.165, 1.54) is 132 Å². The fraction of sp³-hybridized carbons (Fsp3) is 0.421. The first-order chi connectivity index (χ1) is 34.8. The molecule has 0 bridgehead atoms. The van der Waals surface area contributed by atoms with Crippen molar-refractivity contribution in [3.8, 4) is 44.5 Å². The fourth-order valence-corrected chi connectivity index (χ4v) is 12.9. The summed E-state index contributed by atoms with van der Waals surface area (Å²) in [4.78, 5) is 0. The van der Waals surface area contributed by atoms with E-state index in [1.807, 2.05) is 0 Å².